The number of rotatable bonds is 7. The maximum Gasteiger partial charge on any atom is 0.308 e. The topological polar surface area (TPSA) is 97.6 Å². The number of carbonyl (C=O) groups excluding carboxylic acids is 3. The van der Waals surface area contributed by atoms with Crippen LogP contribution in [0, 0.1) is 12.7 Å². The zero-order chi connectivity index (χ0) is 18.2. The lowest BCUT2D eigenvalue weighted by atomic mass is 10.2. The minimum atomic E-state index is -0.648. The highest BCUT2D eigenvalue weighted by atomic mass is 19.1. The lowest BCUT2D eigenvalue weighted by Gasteiger charge is -2.08. The van der Waals surface area contributed by atoms with E-state index in [0.717, 1.165) is 0 Å². The third-order valence-electron chi connectivity index (χ3n) is 3.18. The summed E-state index contributed by atoms with van der Waals surface area (Å²) in [7, 11) is 0. The molecular weight excluding hydrogens is 331 g/mol. The van der Waals surface area contributed by atoms with Gasteiger partial charge in [0.25, 0.3) is 11.8 Å². The Kier molecular flexibility index (Phi) is 6.27. The zero-order valence-corrected chi connectivity index (χ0v) is 13.5. The number of esters is 1. The number of furan rings is 1. The Morgan fingerprint density at radius 1 is 1.24 bits per heavy atom. The number of anilines is 1. The average Bonchev–Trinajstić information content (AvgIpc) is 3.11. The summed E-state index contributed by atoms with van der Waals surface area (Å²) in [5.74, 6) is -1.99. The second-order valence-corrected chi connectivity index (χ2v) is 5.16. The Labute approximate surface area is 143 Å². The maximum atomic E-state index is 13.4. The van der Waals surface area contributed by atoms with E-state index >= 15 is 0 Å². The van der Waals surface area contributed by atoms with Crippen molar-refractivity contribution in [1.29, 1.82) is 0 Å². The minimum absolute atomic E-state index is 0.0448. The molecule has 0 radical (unpaired) electrons. The second kappa shape index (κ2) is 8.62. The lowest BCUT2D eigenvalue weighted by Crippen LogP contribution is -2.27. The SMILES string of the molecule is Cc1ccc(NC(=O)COC(=O)CCNC(=O)c2ccco2)cc1F. The first-order valence-corrected chi connectivity index (χ1v) is 7.49. The van der Waals surface area contributed by atoms with Crippen molar-refractivity contribution < 1.29 is 27.9 Å². The van der Waals surface area contributed by atoms with Gasteiger partial charge < -0.3 is 19.8 Å². The van der Waals surface area contributed by atoms with Crippen LogP contribution in [-0.2, 0) is 14.3 Å². The molecule has 7 nitrogen and oxygen atoms in total. The molecule has 2 N–H and O–H groups in total. The normalized spacial score (nSPS) is 10.2. The molecule has 0 spiro atoms. The third-order valence-corrected chi connectivity index (χ3v) is 3.18. The van der Waals surface area contributed by atoms with Gasteiger partial charge in [0.2, 0.25) is 0 Å². The van der Waals surface area contributed by atoms with Gasteiger partial charge in [-0.15, -0.1) is 0 Å². The monoisotopic (exact) mass is 348 g/mol. The highest BCUT2D eigenvalue weighted by molar-refractivity contribution is 5.93. The predicted molar refractivity (Wildman–Crippen MR) is 86.4 cm³/mol. The fourth-order valence-corrected chi connectivity index (χ4v) is 1.86. The Bertz CT molecular complexity index is 758. The van der Waals surface area contributed by atoms with Crippen molar-refractivity contribution in [2.75, 3.05) is 18.5 Å². The first-order chi connectivity index (χ1) is 12.0. The highest BCUT2D eigenvalue weighted by Gasteiger charge is 2.11. The molecule has 0 aliphatic heterocycles. The Hall–Kier alpha value is -3.16. The van der Waals surface area contributed by atoms with Gasteiger partial charge in [-0.05, 0) is 36.8 Å². The predicted octanol–water partition coefficient (Wildman–Crippen LogP) is 2.03. The molecular formula is C17H17FN2O5. The largest absolute Gasteiger partial charge is 0.459 e. The average molecular weight is 348 g/mol. The summed E-state index contributed by atoms with van der Waals surface area (Å²) in [6, 6.07) is 7.31. The van der Waals surface area contributed by atoms with Crippen LogP contribution in [-0.4, -0.2) is 30.9 Å². The standard InChI is InChI=1S/C17H17FN2O5/c1-11-4-5-12(9-13(11)18)20-15(21)10-25-16(22)6-7-19-17(23)14-3-2-8-24-14/h2-5,8-9H,6-7,10H2,1H3,(H,19,23)(H,20,21). The van der Waals surface area contributed by atoms with Crippen molar-refractivity contribution in [2.24, 2.45) is 0 Å². The van der Waals surface area contributed by atoms with Crippen molar-refractivity contribution in [3.05, 3.63) is 53.7 Å². The molecule has 2 aromatic rings. The van der Waals surface area contributed by atoms with Crippen LogP contribution in [0.5, 0.6) is 0 Å². The van der Waals surface area contributed by atoms with Gasteiger partial charge in [-0.2, -0.15) is 0 Å². The molecule has 1 aromatic carbocycles. The molecule has 0 aliphatic carbocycles. The van der Waals surface area contributed by atoms with Crippen molar-refractivity contribution in [2.45, 2.75) is 13.3 Å². The van der Waals surface area contributed by atoms with Gasteiger partial charge in [0, 0.05) is 12.2 Å². The van der Waals surface area contributed by atoms with Gasteiger partial charge in [-0.1, -0.05) is 6.07 Å². The number of nitrogens with one attached hydrogen (secondary N) is 2. The smallest absolute Gasteiger partial charge is 0.308 e. The summed E-state index contributed by atoms with van der Waals surface area (Å²) < 4.78 is 23.1. The van der Waals surface area contributed by atoms with Crippen molar-refractivity contribution in [1.82, 2.24) is 5.32 Å². The molecule has 0 atom stereocenters. The van der Waals surface area contributed by atoms with Crippen molar-refractivity contribution in [3.8, 4) is 0 Å². The molecule has 0 unspecified atom stereocenters. The quantitative estimate of drug-likeness (QED) is 0.746. The van der Waals surface area contributed by atoms with E-state index in [9.17, 15) is 18.8 Å². The molecule has 8 heteroatoms. The Morgan fingerprint density at radius 3 is 2.72 bits per heavy atom. The van der Waals surface area contributed by atoms with E-state index in [1.807, 2.05) is 0 Å². The second-order valence-electron chi connectivity index (χ2n) is 5.16. The molecule has 2 rings (SSSR count). The fourth-order valence-electron chi connectivity index (χ4n) is 1.86. The van der Waals surface area contributed by atoms with Gasteiger partial charge in [-0.25, -0.2) is 4.39 Å². The molecule has 1 heterocycles. The maximum absolute atomic E-state index is 13.4. The number of amides is 2. The highest BCUT2D eigenvalue weighted by Crippen LogP contribution is 2.13. The van der Waals surface area contributed by atoms with Gasteiger partial charge in [0.05, 0.1) is 12.7 Å². The van der Waals surface area contributed by atoms with E-state index in [2.05, 4.69) is 10.6 Å². The molecule has 132 valence electrons. The van der Waals surface area contributed by atoms with Gasteiger partial charge >= 0.3 is 5.97 Å². The van der Waals surface area contributed by atoms with Crippen LogP contribution in [0.3, 0.4) is 0 Å². The molecule has 0 bridgehead atoms. The summed E-state index contributed by atoms with van der Waals surface area (Å²) in [6.07, 6.45) is 1.26. The Morgan fingerprint density at radius 2 is 2.04 bits per heavy atom. The summed E-state index contributed by atoms with van der Waals surface area (Å²) >= 11 is 0. The van der Waals surface area contributed by atoms with Crippen LogP contribution in [0.15, 0.2) is 41.0 Å². The van der Waals surface area contributed by atoms with Crippen LogP contribution < -0.4 is 10.6 Å². The third kappa shape index (κ3) is 5.76. The van der Waals surface area contributed by atoms with Gasteiger partial charge in [0.1, 0.15) is 5.82 Å². The number of ether oxygens (including phenoxy) is 1. The molecule has 2 amide bonds. The molecule has 0 aliphatic rings. The Balaban J connectivity index is 1.66. The number of benzene rings is 1. The molecule has 0 fully saturated rings. The number of halogens is 1. The van der Waals surface area contributed by atoms with Crippen LogP contribution >= 0.6 is 0 Å². The number of carbonyl (C=O) groups is 3. The van der Waals surface area contributed by atoms with E-state index in [4.69, 9.17) is 9.15 Å². The zero-order valence-electron chi connectivity index (χ0n) is 13.5. The van der Waals surface area contributed by atoms with E-state index in [-0.39, 0.29) is 24.4 Å². The van der Waals surface area contributed by atoms with Crippen LogP contribution in [0.2, 0.25) is 0 Å². The first-order valence-electron chi connectivity index (χ1n) is 7.49. The van der Waals surface area contributed by atoms with Gasteiger partial charge in [0.15, 0.2) is 12.4 Å². The van der Waals surface area contributed by atoms with E-state index in [1.165, 1.54) is 24.5 Å². The van der Waals surface area contributed by atoms with Gasteiger partial charge in [-0.3, -0.25) is 14.4 Å². The van der Waals surface area contributed by atoms with Crippen LogP contribution in [0.4, 0.5) is 10.1 Å². The lowest BCUT2D eigenvalue weighted by molar-refractivity contribution is -0.147. The molecule has 0 saturated carbocycles. The molecule has 25 heavy (non-hydrogen) atoms. The summed E-state index contributed by atoms with van der Waals surface area (Å²) in [5, 5.41) is 4.90. The number of hydrogen-bond donors (Lipinski definition) is 2. The van der Waals surface area contributed by atoms with E-state index in [1.54, 1.807) is 19.1 Å². The number of hydrogen-bond acceptors (Lipinski definition) is 5. The molecule has 0 saturated heterocycles. The van der Waals surface area contributed by atoms with Crippen molar-refractivity contribution in [3.63, 3.8) is 0 Å². The van der Waals surface area contributed by atoms with E-state index < -0.39 is 30.2 Å². The summed E-state index contributed by atoms with van der Waals surface area (Å²) in [6.45, 7) is 1.15. The van der Waals surface area contributed by atoms with Crippen molar-refractivity contribution >= 4 is 23.5 Å². The van der Waals surface area contributed by atoms with Crippen LogP contribution in [0.1, 0.15) is 22.5 Å². The molecule has 1 aromatic heterocycles. The van der Waals surface area contributed by atoms with E-state index in [0.29, 0.717) is 5.56 Å². The number of aryl methyl sites for hydroxylation is 1. The first kappa shape index (κ1) is 18.2. The van der Waals surface area contributed by atoms with Crippen LogP contribution in [0.25, 0.3) is 0 Å². The summed E-state index contributed by atoms with van der Waals surface area (Å²) in [5.41, 5.74) is 0.732. The minimum Gasteiger partial charge on any atom is -0.459 e. The summed E-state index contributed by atoms with van der Waals surface area (Å²) in [4.78, 5) is 34.7. The fraction of sp³-hybridized carbons (Fsp3) is 0.235.